The average molecular weight is 501 g/mol. The number of aliphatic imine (C=N–C) groups is 1. The predicted octanol–water partition coefficient (Wildman–Crippen LogP) is 3.28. The fraction of sp³-hybridized carbons (Fsp3) is 0.500. The summed E-state index contributed by atoms with van der Waals surface area (Å²) in [5, 5.41) is 11.1. The highest BCUT2D eigenvalue weighted by Crippen LogP contribution is 2.27. The summed E-state index contributed by atoms with van der Waals surface area (Å²) in [6.45, 7) is 9.26. The van der Waals surface area contributed by atoms with Crippen LogP contribution in [0.2, 0.25) is 0 Å². The van der Waals surface area contributed by atoms with Crippen molar-refractivity contribution in [3.8, 4) is 11.5 Å². The van der Waals surface area contributed by atoms with Gasteiger partial charge in [-0.1, -0.05) is 6.07 Å². The van der Waals surface area contributed by atoms with Crippen molar-refractivity contribution in [1.29, 1.82) is 0 Å². The summed E-state index contributed by atoms with van der Waals surface area (Å²) in [5.41, 5.74) is 3.32. The Morgan fingerprint density at radius 3 is 2.46 bits per heavy atom. The van der Waals surface area contributed by atoms with E-state index in [2.05, 4.69) is 40.6 Å². The Bertz CT molecular complexity index is 761. The van der Waals surface area contributed by atoms with E-state index in [1.807, 2.05) is 29.8 Å². The molecule has 2 N–H and O–H groups in total. The van der Waals surface area contributed by atoms with E-state index in [9.17, 15) is 0 Å². The maximum atomic E-state index is 5.35. The Morgan fingerprint density at radius 2 is 1.86 bits per heavy atom. The van der Waals surface area contributed by atoms with Crippen LogP contribution in [0.15, 0.2) is 29.3 Å². The predicted molar refractivity (Wildman–Crippen MR) is 124 cm³/mol. The van der Waals surface area contributed by atoms with Gasteiger partial charge in [0.25, 0.3) is 0 Å². The molecule has 0 aliphatic carbocycles. The number of ether oxygens (including phenoxy) is 2. The van der Waals surface area contributed by atoms with Crippen LogP contribution in [0, 0.1) is 13.8 Å². The average Bonchev–Trinajstić information content (AvgIpc) is 2.99. The van der Waals surface area contributed by atoms with E-state index in [0.717, 1.165) is 49.0 Å². The van der Waals surface area contributed by atoms with E-state index in [1.54, 1.807) is 14.2 Å². The van der Waals surface area contributed by atoms with Crippen molar-refractivity contribution < 1.29 is 9.47 Å². The summed E-state index contributed by atoms with van der Waals surface area (Å²) in [6, 6.07) is 7.95. The fourth-order valence-corrected chi connectivity index (χ4v) is 2.83. The van der Waals surface area contributed by atoms with Crippen LogP contribution >= 0.6 is 24.0 Å². The Balaban J connectivity index is 0.00000392. The molecule has 8 heteroatoms. The molecule has 28 heavy (non-hydrogen) atoms. The van der Waals surface area contributed by atoms with Gasteiger partial charge in [-0.15, -0.1) is 24.0 Å². The van der Waals surface area contributed by atoms with Gasteiger partial charge < -0.3 is 20.1 Å². The molecule has 0 saturated carbocycles. The molecule has 0 aliphatic rings. The van der Waals surface area contributed by atoms with Crippen molar-refractivity contribution in [3.63, 3.8) is 0 Å². The molecule has 2 aromatic rings. The SMILES string of the molecule is CCNC(=NCc1ccc(OC)c(OC)c1)NCCCn1nc(C)cc1C.I. The Kier molecular flexibility index (Phi) is 10.7. The first-order chi connectivity index (χ1) is 13.1. The van der Waals surface area contributed by atoms with Gasteiger partial charge >= 0.3 is 0 Å². The molecule has 0 amide bonds. The van der Waals surface area contributed by atoms with Gasteiger partial charge in [0.15, 0.2) is 17.5 Å². The topological polar surface area (TPSA) is 72.7 Å². The Morgan fingerprint density at radius 1 is 1.11 bits per heavy atom. The zero-order valence-electron chi connectivity index (χ0n) is 17.4. The minimum absolute atomic E-state index is 0. The van der Waals surface area contributed by atoms with Crippen LogP contribution in [0.1, 0.15) is 30.3 Å². The van der Waals surface area contributed by atoms with Gasteiger partial charge in [-0.2, -0.15) is 5.10 Å². The number of halogens is 1. The maximum absolute atomic E-state index is 5.35. The Hall–Kier alpha value is -1.97. The number of guanidine groups is 1. The van der Waals surface area contributed by atoms with Gasteiger partial charge in [0.05, 0.1) is 26.5 Å². The number of benzene rings is 1. The molecule has 0 fully saturated rings. The number of hydrogen-bond donors (Lipinski definition) is 2. The van der Waals surface area contributed by atoms with Crippen LogP contribution in [0.4, 0.5) is 0 Å². The number of aromatic nitrogens is 2. The number of nitrogens with one attached hydrogen (secondary N) is 2. The zero-order valence-corrected chi connectivity index (χ0v) is 19.7. The fourth-order valence-electron chi connectivity index (χ4n) is 2.83. The smallest absolute Gasteiger partial charge is 0.191 e. The third kappa shape index (κ3) is 7.21. The first-order valence-electron chi connectivity index (χ1n) is 9.31. The largest absolute Gasteiger partial charge is 0.493 e. The van der Waals surface area contributed by atoms with E-state index in [-0.39, 0.29) is 24.0 Å². The van der Waals surface area contributed by atoms with E-state index in [4.69, 9.17) is 9.47 Å². The highest BCUT2D eigenvalue weighted by atomic mass is 127. The quantitative estimate of drug-likeness (QED) is 0.239. The molecule has 2 rings (SSSR count). The Labute approximate surface area is 184 Å². The highest BCUT2D eigenvalue weighted by Gasteiger charge is 2.05. The van der Waals surface area contributed by atoms with Crippen molar-refractivity contribution in [1.82, 2.24) is 20.4 Å². The van der Waals surface area contributed by atoms with Gasteiger partial charge in [-0.3, -0.25) is 4.68 Å². The van der Waals surface area contributed by atoms with Crippen LogP contribution in [-0.2, 0) is 13.1 Å². The molecule has 0 aliphatic heterocycles. The second kappa shape index (κ2) is 12.5. The minimum Gasteiger partial charge on any atom is -0.493 e. The van der Waals surface area contributed by atoms with Crippen molar-refractivity contribution in [3.05, 3.63) is 41.2 Å². The lowest BCUT2D eigenvalue weighted by Gasteiger charge is -2.12. The highest BCUT2D eigenvalue weighted by molar-refractivity contribution is 14.0. The number of aryl methyl sites for hydroxylation is 3. The molecule has 1 aromatic carbocycles. The molecule has 0 radical (unpaired) electrons. The molecule has 1 aromatic heterocycles. The zero-order chi connectivity index (χ0) is 19.6. The molecule has 7 nitrogen and oxygen atoms in total. The van der Waals surface area contributed by atoms with Crippen molar-refractivity contribution in [2.24, 2.45) is 4.99 Å². The van der Waals surface area contributed by atoms with Crippen LogP contribution in [0.5, 0.6) is 11.5 Å². The molecule has 0 bridgehead atoms. The number of methoxy groups -OCH3 is 2. The van der Waals surface area contributed by atoms with Gasteiger partial charge in [-0.05, 0) is 51.0 Å². The van der Waals surface area contributed by atoms with Crippen molar-refractivity contribution in [2.75, 3.05) is 27.3 Å². The lowest BCUT2D eigenvalue weighted by atomic mass is 10.2. The molecule has 0 atom stereocenters. The summed E-state index contributed by atoms with van der Waals surface area (Å²) in [4.78, 5) is 4.66. The summed E-state index contributed by atoms with van der Waals surface area (Å²) in [6.07, 6.45) is 0.975. The normalized spacial score (nSPS) is 11.0. The molecule has 0 saturated heterocycles. The van der Waals surface area contributed by atoms with Crippen molar-refractivity contribution >= 4 is 29.9 Å². The maximum Gasteiger partial charge on any atom is 0.191 e. The first-order valence-corrected chi connectivity index (χ1v) is 9.31. The minimum atomic E-state index is 0. The van der Waals surface area contributed by atoms with Gasteiger partial charge in [0.1, 0.15) is 0 Å². The second-order valence-electron chi connectivity index (χ2n) is 6.32. The number of hydrogen-bond acceptors (Lipinski definition) is 4. The summed E-state index contributed by atoms with van der Waals surface area (Å²) in [5.74, 6) is 2.24. The van der Waals surface area contributed by atoms with Gasteiger partial charge in [-0.25, -0.2) is 4.99 Å². The summed E-state index contributed by atoms with van der Waals surface area (Å²) in [7, 11) is 3.27. The van der Waals surface area contributed by atoms with Crippen LogP contribution in [0.3, 0.4) is 0 Å². The van der Waals surface area contributed by atoms with Gasteiger partial charge in [0, 0.05) is 25.3 Å². The summed E-state index contributed by atoms with van der Waals surface area (Å²) >= 11 is 0. The first kappa shape index (κ1) is 24.1. The summed E-state index contributed by atoms with van der Waals surface area (Å²) < 4.78 is 12.7. The van der Waals surface area contributed by atoms with Crippen LogP contribution in [-0.4, -0.2) is 43.0 Å². The van der Waals surface area contributed by atoms with Crippen LogP contribution in [0.25, 0.3) is 0 Å². The van der Waals surface area contributed by atoms with E-state index < -0.39 is 0 Å². The third-order valence-corrected chi connectivity index (χ3v) is 4.15. The van der Waals surface area contributed by atoms with Gasteiger partial charge in [0.2, 0.25) is 0 Å². The third-order valence-electron chi connectivity index (χ3n) is 4.15. The van der Waals surface area contributed by atoms with E-state index >= 15 is 0 Å². The monoisotopic (exact) mass is 501 g/mol. The lowest BCUT2D eigenvalue weighted by molar-refractivity contribution is 0.354. The molecule has 0 spiro atoms. The molecule has 1 heterocycles. The lowest BCUT2D eigenvalue weighted by Crippen LogP contribution is -2.38. The molecule has 156 valence electrons. The molecular weight excluding hydrogens is 469 g/mol. The molecular formula is C20H32IN5O2. The van der Waals surface area contributed by atoms with E-state index in [1.165, 1.54) is 5.69 Å². The van der Waals surface area contributed by atoms with E-state index in [0.29, 0.717) is 12.3 Å². The standard InChI is InChI=1S/C20H31N5O2.HI/c1-6-21-20(22-10-7-11-25-16(3)12-15(2)24-25)23-14-17-8-9-18(26-4)19(13-17)27-5;/h8-9,12-13H,6-7,10-11,14H2,1-5H3,(H2,21,22,23);1H. The number of rotatable bonds is 9. The van der Waals surface area contributed by atoms with Crippen LogP contribution < -0.4 is 20.1 Å². The van der Waals surface area contributed by atoms with Crippen molar-refractivity contribution in [2.45, 2.75) is 40.3 Å². The second-order valence-corrected chi connectivity index (χ2v) is 6.32. The molecule has 0 unspecified atom stereocenters. The number of nitrogens with zero attached hydrogens (tertiary/aromatic N) is 3.